The van der Waals surface area contributed by atoms with Gasteiger partial charge in [0.1, 0.15) is 0 Å². The van der Waals surface area contributed by atoms with Gasteiger partial charge in [0.15, 0.2) is 0 Å². The van der Waals surface area contributed by atoms with E-state index in [2.05, 4.69) is 44.3 Å². The zero-order chi connectivity index (χ0) is 11.6. The molecule has 1 aliphatic carbocycles. The van der Waals surface area contributed by atoms with Gasteiger partial charge in [-0.25, -0.2) is 0 Å². The minimum atomic E-state index is -0.981. The van der Waals surface area contributed by atoms with Gasteiger partial charge < -0.3 is 5.11 Å². The van der Waals surface area contributed by atoms with E-state index in [9.17, 15) is 0 Å². The maximum absolute atomic E-state index is 7.00. The van der Waals surface area contributed by atoms with Crippen LogP contribution < -0.4 is 0 Å². The number of aliphatic hydroxyl groups excluding tert-OH is 1. The van der Waals surface area contributed by atoms with Gasteiger partial charge in [0, 0.05) is 13.5 Å². The van der Waals surface area contributed by atoms with E-state index in [0.29, 0.717) is 0 Å². The summed E-state index contributed by atoms with van der Waals surface area (Å²) in [7, 11) is 9.80. The second-order valence-corrected chi connectivity index (χ2v) is 11.2. The Labute approximate surface area is 105 Å². The van der Waals surface area contributed by atoms with Gasteiger partial charge >= 0.3 is 35.6 Å². The van der Waals surface area contributed by atoms with E-state index >= 15 is 0 Å². The molecular weight excluding hydrogens is 271 g/mol. The Morgan fingerprint density at radius 3 is 1.71 bits per heavy atom. The topological polar surface area (TPSA) is 20.2 Å². The van der Waals surface area contributed by atoms with Crippen molar-refractivity contribution >= 4 is 26.7 Å². The Bertz CT molecular complexity index is 188. The number of hydrogen-bond acceptors (Lipinski definition) is 1. The molecule has 0 fully saturated rings. The van der Waals surface area contributed by atoms with Gasteiger partial charge in [-0.1, -0.05) is 43.1 Å². The van der Waals surface area contributed by atoms with Crippen LogP contribution in [-0.4, -0.2) is 20.3 Å². The van der Waals surface area contributed by atoms with E-state index < -0.39 is 25.1 Å². The average molecular weight is 288 g/mol. The predicted molar refractivity (Wildman–Crippen MR) is 64.7 cm³/mol. The molecule has 0 amide bonds. The molecule has 0 bridgehead atoms. The molecule has 1 rings (SSSR count). The van der Waals surface area contributed by atoms with Gasteiger partial charge in [0.25, 0.3) is 0 Å². The molecule has 0 atom stereocenters. The first-order valence-electron chi connectivity index (χ1n) is 4.15. The van der Waals surface area contributed by atoms with Gasteiger partial charge in [-0.3, -0.25) is 0 Å². The van der Waals surface area contributed by atoms with E-state index in [-0.39, 0.29) is 0 Å². The fourth-order valence-corrected chi connectivity index (χ4v) is 2.07. The monoisotopic (exact) mass is 287 g/mol. The van der Waals surface area contributed by atoms with Crippen molar-refractivity contribution in [2.75, 3.05) is 7.11 Å². The molecule has 0 unspecified atom stereocenters. The fraction of sp³-hybridized carbons (Fsp3) is 0.444. The normalized spacial score (nSPS) is 13.2. The molecule has 0 aromatic rings. The fourth-order valence-electron chi connectivity index (χ4n) is 0.874. The third-order valence-corrected chi connectivity index (χ3v) is 3.59. The van der Waals surface area contributed by atoms with Crippen LogP contribution in [0.15, 0.2) is 23.4 Å². The molecule has 1 aliphatic rings. The molecule has 14 heavy (non-hydrogen) atoms. The molecule has 1 N–H and O–H groups in total. The third kappa shape index (κ3) is 9.50. The molecule has 0 saturated carbocycles. The summed E-state index contributed by atoms with van der Waals surface area (Å²) in [6.45, 7) is 7.09. The van der Waals surface area contributed by atoms with Gasteiger partial charge in [0.2, 0.25) is 0 Å². The summed E-state index contributed by atoms with van der Waals surface area (Å²) in [5.74, 6) is 0. The van der Waals surface area contributed by atoms with Crippen molar-refractivity contribution in [2.45, 2.75) is 19.6 Å². The third-order valence-electron chi connectivity index (χ3n) is 1.53. The Morgan fingerprint density at radius 1 is 1.14 bits per heavy atom. The number of allylic oxidation sites excluding steroid dienone is 4. The van der Waals surface area contributed by atoms with Crippen molar-refractivity contribution in [3.8, 4) is 0 Å². The van der Waals surface area contributed by atoms with Crippen LogP contribution in [0.25, 0.3) is 0 Å². The Hall–Kier alpha value is 0.951. The predicted octanol–water partition coefficient (Wildman–Crippen LogP) is 3.55. The van der Waals surface area contributed by atoms with E-state index in [1.165, 1.54) is 0 Å². The van der Waals surface area contributed by atoms with Crippen molar-refractivity contribution in [2.24, 2.45) is 0 Å². The van der Waals surface area contributed by atoms with Gasteiger partial charge in [-0.05, 0) is 0 Å². The summed E-state index contributed by atoms with van der Waals surface area (Å²) in [5, 5.41) is 8.56. The second-order valence-electron chi connectivity index (χ2n) is 3.50. The maximum atomic E-state index is 7.00. The van der Waals surface area contributed by atoms with Gasteiger partial charge in [-0.15, -0.1) is 0 Å². The second kappa shape index (κ2) is 10.5. The van der Waals surface area contributed by atoms with E-state index in [1.54, 1.807) is 5.20 Å². The molecule has 1 nitrogen and oxygen atoms in total. The first kappa shape index (κ1) is 17.3. The Morgan fingerprint density at radius 2 is 1.57 bits per heavy atom. The summed E-state index contributed by atoms with van der Waals surface area (Å²) < 4.78 is 0. The van der Waals surface area contributed by atoms with E-state index in [0.717, 1.165) is 7.11 Å². The van der Waals surface area contributed by atoms with Gasteiger partial charge in [0.05, 0.1) is 8.07 Å². The van der Waals surface area contributed by atoms with Crippen LogP contribution in [0.2, 0.25) is 19.6 Å². The van der Waals surface area contributed by atoms with Crippen molar-refractivity contribution < 1.29 is 22.1 Å². The summed E-state index contributed by atoms with van der Waals surface area (Å²) in [6, 6.07) is 0. The molecule has 0 spiro atoms. The standard InChI is InChI=1S/C8H13Si.CH4O.2ClH.Ti/c1-9(2,3)8-6-4-5-7-8;1-2;;;/h4-7H,1-3H3;2H,1H3;2*1H;/q;;;;+2/p-2. The molecule has 1 radical (unpaired) electrons. The molecule has 0 aromatic carbocycles. The SMILES string of the molecule is CO.C[Si](C)(C)C1=CC=C[CH]1.[Cl][Ti][Cl]. The van der Waals surface area contributed by atoms with Crippen LogP contribution in [-0.2, 0) is 17.0 Å². The first-order valence-corrected chi connectivity index (χ1v) is 11.9. The molecule has 0 aliphatic heterocycles. The molecule has 0 saturated heterocycles. The quantitative estimate of drug-likeness (QED) is 0.732. The molecule has 81 valence electrons. The molecule has 5 heteroatoms. The Kier molecular flexibility index (Phi) is 13.0. The van der Waals surface area contributed by atoms with E-state index in [4.69, 9.17) is 23.7 Å². The zero-order valence-corrected chi connectivity index (χ0v) is 13.1. The van der Waals surface area contributed by atoms with Crippen molar-refractivity contribution in [3.05, 3.63) is 29.8 Å². The van der Waals surface area contributed by atoms with Crippen LogP contribution in [0.4, 0.5) is 0 Å². The molecular formula is C9H17Cl2OSiTi. The number of rotatable bonds is 1. The molecule has 0 heterocycles. The number of aliphatic hydroxyl groups is 1. The molecule has 0 aromatic heterocycles. The number of halogens is 2. The minimum absolute atomic E-state index is 0.556. The number of hydrogen-bond donors (Lipinski definition) is 1. The summed E-state index contributed by atoms with van der Waals surface area (Å²) >= 11 is -0.556. The zero-order valence-electron chi connectivity index (χ0n) is 9.01. The van der Waals surface area contributed by atoms with Crippen LogP contribution >= 0.6 is 18.6 Å². The first-order chi connectivity index (χ1) is 6.52. The van der Waals surface area contributed by atoms with Gasteiger partial charge in [-0.2, -0.15) is 0 Å². The van der Waals surface area contributed by atoms with Crippen LogP contribution in [0, 0.1) is 6.42 Å². The van der Waals surface area contributed by atoms with Crippen molar-refractivity contribution in [3.63, 3.8) is 0 Å². The summed E-state index contributed by atoms with van der Waals surface area (Å²) in [6.07, 6.45) is 8.69. The van der Waals surface area contributed by atoms with Crippen LogP contribution in [0.5, 0.6) is 0 Å². The van der Waals surface area contributed by atoms with Crippen LogP contribution in [0.3, 0.4) is 0 Å². The van der Waals surface area contributed by atoms with E-state index in [1.807, 2.05) is 0 Å². The van der Waals surface area contributed by atoms with Crippen LogP contribution in [0.1, 0.15) is 0 Å². The summed E-state index contributed by atoms with van der Waals surface area (Å²) in [4.78, 5) is 0. The average Bonchev–Trinajstić information content (AvgIpc) is 2.60. The van der Waals surface area contributed by atoms with Crippen molar-refractivity contribution in [1.82, 2.24) is 0 Å². The van der Waals surface area contributed by atoms with Crippen molar-refractivity contribution in [1.29, 1.82) is 0 Å². The summed E-state index contributed by atoms with van der Waals surface area (Å²) in [5.41, 5.74) is 0. The Balaban J connectivity index is 0.